The Balaban J connectivity index is 0.999. The Bertz CT molecular complexity index is 2020. The molecular formula is C14H14N32. The minimum absolute atomic E-state index is 0.00179. The number of hydrogen-bond acceptors (Lipinski definition) is 28. The zero-order valence-corrected chi connectivity index (χ0v) is 22.5. The molecular weight excluding hydrogens is 616 g/mol. The first-order valence-electron chi connectivity index (χ1n) is 11.9. The molecule has 6 heterocycles. The van der Waals surface area contributed by atoms with Crippen LogP contribution in [0.2, 0.25) is 0 Å². The first kappa shape index (κ1) is 28.2. The van der Waals surface area contributed by atoms with E-state index in [2.05, 4.69) is 138 Å². The second kappa shape index (κ2) is 12.5. The summed E-state index contributed by atoms with van der Waals surface area (Å²) in [6, 6.07) is 0. The summed E-state index contributed by atoms with van der Waals surface area (Å²) in [7, 11) is 1.48. The molecule has 0 aliphatic heterocycles. The third kappa shape index (κ3) is 6.42. The van der Waals surface area contributed by atoms with Crippen molar-refractivity contribution in [2.75, 3.05) is 35.8 Å². The highest BCUT2D eigenvalue weighted by Gasteiger charge is 2.14. The second-order valence-corrected chi connectivity index (χ2v) is 7.66. The van der Waals surface area contributed by atoms with Crippen LogP contribution in [0.4, 0.5) is 59.5 Å². The Morgan fingerprint density at radius 2 is 1.13 bits per heavy atom. The van der Waals surface area contributed by atoms with Gasteiger partial charge in [0.2, 0.25) is 23.8 Å². The maximum Gasteiger partial charge on any atom is 0.292 e. The molecule has 46 heavy (non-hydrogen) atoms. The van der Waals surface area contributed by atoms with Crippen molar-refractivity contribution in [3.63, 3.8) is 0 Å². The largest absolute Gasteiger partial charge is 0.368 e. The van der Waals surface area contributed by atoms with E-state index in [-0.39, 0.29) is 78.0 Å². The molecule has 0 saturated heterocycles. The lowest BCUT2D eigenvalue weighted by Gasteiger charge is -2.00. The van der Waals surface area contributed by atoms with Crippen LogP contribution in [0.5, 0.6) is 0 Å². The van der Waals surface area contributed by atoms with Crippen LogP contribution in [-0.2, 0) is 0 Å². The SMILES string of the molecule is C/N=N/c1n[nH]c(Nc2nnc(-n3nc(/N=N/C/N=N/c4n[nH]c(Nc5nnc(-n6nc(N=N)nc6N)nn5)n4)nc3N)nn2)n1. The molecule has 0 aliphatic rings. The zero-order valence-electron chi connectivity index (χ0n) is 22.5. The highest BCUT2D eigenvalue weighted by atomic mass is 15.5. The Labute approximate surface area is 249 Å². The fraction of sp³-hybridized carbons (Fsp3) is 0.143. The molecule has 230 valence electrons. The van der Waals surface area contributed by atoms with Crippen molar-refractivity contribution >= 4 is 59.5 Å². The minimum atomic E-state index is -0.228. The van der Waals surface area contributed by atoms with Crippen molar-refractivity contribution in [3.8, 4) is 11.9 Å². The topological polar surface area (TPSA) is 434 Å². The summed E-state index contributed by atoms with van der Waals surface area (Å²) >= 11 is 0. The molecule has 32 nitrogen and oxygen atoms in total. The molecule has 9 N–H and O–H groups in total. The minimum Gasteiger partial charge on any atom is -0.368 e. The van der Waals surface area contributed by atoms with Crippen molar-refractivity contribution in [2.45, 2.75) is 0 Å². The molecule has 0 aliphatic carbocycles. The monoisotopic (exact) mass is 630 g/mol. The van der Waals surface area contributed by atoms with Crippen molar-refractivity contribution < 1.29 is 0 Å². The van der Waals surface area contributed by atoms with Crippen LogP contribution in [-0.4, -0.2) is 114 Å². The van der Waals surface area contributed by atoms with Gasteiger partial charge in [-0.1, -0.05) is 0 Å². The molecule has 0 saturated carbocycles. The number of aromatic amines is 2. The van der Waals surface area contributed by atoms with E-state index in [9.17, 15) is 0 Å². The van der Waals surface area contributed by atoms with E-state index in [1.54, 1.807) is 0 Å². The number of H-pyrrole nitrogens is 2. The van der Waals surface area contributed by atoms with Gasteiger partial charge in [0.25, 0.3) is 47.6 Å². The van der Waals surface area contributed by atoms with Crippen LogP contribution < -0.4 is 22.1 Å². The summed E-state index contributed by atoms with van der Waals surface area (Å²) in [5, 5.41) is 82.4. The number of nitrogen functional groups attached to an aromatic ring is 2. The predicted octanol–water partition coefficient (Wildman–Crippen LogP) is -0.903. The fourth-order valence-electron chi connectivity index (χ4n) is 2.95. The normalized spacial score (nSPS) is 11.7. The Morgan fingerprint density at radius 1 is 0.652 bits per heavy atom. The van der Waals surface area contributed by atoms with Crippen LogP contribution in [0.3, 0.4) is 0 Å². The van der Waals surface area contributed by atoms with Crippen molar-refractivity contribution in [1.82, 2.24) is 101 Å². The number of azo groups is 3. The first-order valence-corrected chi connectivity index (χ1v) is 11.9. The zero-order chi connectivity index (χ0) is 31.9. The highest BCUT2D eigenvalue weighted by Crippen LogP contribution is 2.15. The summed E-state index contributed by atoms with van der Waals surface area (Å²) in [6.07, 6.45) is 0. The van der Waals surface area contributed by atoms with Gasteiger partial charge in [0.1, 0.15) is 0 Å². The Hall–Kier alpha value is -7.96. The van der Waals surface area contributed by atoms with Crippen LogP contribution in [0.25, 0.3) is 11.9 Å². The quantitative estimate of drug-likeness (QED) is 0.0804. The van der Waals surface area contributed by atoms with E-state index in [1.807, 2.05) is 0 Å². The van der Waals surface area contributed by atoms with Gasteiger partial charge in [-0.15, -0.1) is 81.6 Å². The van der Waals surface area contributed by atoms with Crippen LogP contribution in [0.15, 0.2) is 35.8 Å². The Morgan fingerprint density at radius 3 is 1.63 bits per heavy atom. The van der Waals surface area contributed by atoms with Gasteiger partial charge < -0.3 is 11.5 Å². The third-order valence-electron chi connectivity index (χ3n) is 4.70. The van der Waals surface area contributed by atoms with E-state index in [0.717, 1.165) is 9.36 Å². The van der Waals surface area contributed by atoms with Crippen molar-refractivity contribution in [2.24, 2.45) is 35.8 Å². The van der Waals surface area contributed by atoms with Crippen molar-refractivity contribution in [1.29, 1.82) is 5.53 Å². The van der Waals surface area contributed by atoms with Gasteiger partial charge in [-0.2, -0.15) is 44.6 Å². The summed E-state index contributed by atoms with van der Waals surface area (Å²) in [4.78, 5) is 15.7. The number of rotatable bonds is 12. The van der Waals surface area contributed by atoms with Gasteiger partial charge >= 0.3 is 0 Å². The van der Waals surface area contributed by atoms with Crippen LogP contribution in [0.1, 0.15) is 0 Å². The molecule has 0 atom stereocenters. The number of nitrogens with two attached hydrogens (primary N) is 2. The fourth-order valence-corrected chi connectivity index (χ4v) is 2.95. The molecule has 6 aromatic heterocycles. The van der Waals surface area contributed by atoms with Gasteiger partial charge in [0, 0.05) is 7.05 Å². The van der Waals surface area contributed by atoms with Crippen LogP contribution in [0, 0.1) is 5.53 Å². The average Bonchev–Trinajstić information content (AvgIpc) is 3.86. The van der Waals surface area contributed by atoms with E-state index in [0.29, 0.717) is 0 Å². The molecule has 32 heteroatoms. The number of nitrogens with one attached hydrogen (secondary N) is 5. The maximum atomic E-state index is 6.93. The van der Waals surface area contributed by atoms with E-state index >= 15 is 0 Å². The number of aromatic nitrogens is 20. The predicted molar refractivity (Wildman–Crippen MR) is 142 cm³/mol. The standard InChI is InChI=1S/C14H14N32/c1-18-28-8-23-5(31-33-8)25-10-37-41-14(42-38-10)46-4(16)22-12(44-46)30-20-2-19-29-9-24-6(32-34-9)26-11-35-39-13(40-36-11)45-3(15)21-7(27-17)43-45/h17H,2H2,1H3,(H2,15,21,43)(H2,16,22,44)(H2,23,25,31,33,37,38)(H2,24,26,32,34,35,36)/b27-17?,28-18+,29-19+,30-20+. The summed E-state index contributed by atoms with van der Waals surface area (Å²) in [5.41, 5.74) is 18.5. The number of nitrogens with zero attached hydrogens (tertiary/aromatic N) is 25. The lowest BCUT2D eigenvalue weighted by Crippen LogP contribution is -2.11. The summed E-state index contributed by atoms with van der Waals surface area (Å²) in [5.74, 6) is -0.363. The molecule has 0 radical (unpaired) electrons. The molecule has 0 fully saturated rings. The highest BCUT2D eigenvalue weighted by molar-refractivity contribution is 5.43. The Kier molecular flexibility index (Phi) is 7.66. The number of hydrogen-bond donors (Lipinski definition) is 7. The molecule has 0 unspecified atom stereocenters. The van der Waals surface area contributed by atoms with Crippen molar-refractivity contribution in [3.05, 3.63) is 0 Å². The van der Waals surface area contributed by atoms with Crippen LogP contribution >= 0.6 is 0 Å². The van der Waals surface area contributed by atoms with E-state index in [4.69, 9.17) is 17.0 Å². The van der Waals surface area contributed by atoms with Gasteiger partial charge in [-0.05, 0) is 0 Å². The number of anilines is 6. The van der Waals surface area contributed by atoms with Gasteiger partial charge in [0.15, 0.2) is 6.67 Å². The lowest BCUT2D eigenvalue weighted by molar-refractivity contribution is 0.736. The van der Waals surface area contributed by atoms with Gasteiger partial charge in [0.05, 0.1) is 0 Å². The average molecular weight is 630 g/mol. The van der Waals surface area contributed by atoms with Gasteiger partial charge in [-0.25, -0.2) is 15.7 Å². The molecule has 0 aromatic carbocycles. The molecule has 0 spiro atoms. The first-order chi connectivity index (χ1) is 22.5. The third-order valence-corrected chi connectivity index (χ3v) is 4.70. The summed E-state index contributed by atoms with van der Waals surface area (Å²) < 4.78 is 2.06. The molecule has 6 rings (SSSR count). The van der Waals surface area contributed by atoms with Gasteiger partial charge in [-0.3, -0.25) is 10.6 Å². The lowest BCUT2D eigenvalue weighted by atomic mass is 10.9. The molecule has 6 aromatic rings. The molecule has 0 bridgehead atoms. The summed E-state index contributed by atoms with van der Waals surface area (Å²) in [6.45, 7) is -0.228. The van der Waals surface area contributed by atoms with E-state index in [1.165, 1.54) is 7.05 Å². The second-order valence-electron chi connectivity index (χ2n) is 7.66. The smallest absolute Gasteiger partial charge is 0.292 e. The maximum absolute atomic E-state index is 6.93. The van der Waals surface area contributed by atoms with E-state index < -0.39 is 0 Å². The molecule has 0 amide bonds.